The predicted molar refractivity (Wildman–Crippen MR) is 96.3 cm³/mol. The number of hydrogen-bond acceptors (Lipinski definition) is 3. The average Bonchev–Trinajstić information content (AvgIpc) is 2.65. The van der Waals surface area contributed by atoms with Gasteiger partial charge in [-0.05, 0) is 36.6 Å². The monoisotopic (exact) mass is 410 g/mol. The molecule has 0 saturated heterocycles. The second-order valence-corrected chi connectivity index (χ2v) is 6.68. The highest BCUT2D eigenvalue weighted by Crippen LogP contribution is 2.34. The highest BCUT2D eigenvalue weighted by atomic mass is 19.4. The lowest BCUT2D eigenvalue weighted by Gasteiger charge is -2.35. The Labute approximate surface area is 164 Å². The highest BCUT2D eigenvalue weighted by molar-refractivity contribution is 5.94. The molecule has 0 heterocycles. The minimum atomic E-state index is -4.87. The molecule has 1 saturated carbocycles. The zero-order valence-corrected chi connectivity index (χ0v) is 15.1. The third-order valence-corrected chi connectivity index (χ3v) is 4.67. The molecule has 0 bridgehead atoms. The van der Waals surface area contributed by atoms with Gasteiger partial charge < -0.3 is 15.4 Å². The molecule has 2 aromatic carbocycles. The third-order valence-electron chi connectivity index (χ3n) is 4.67. The molecule has 2 atom stereocenters. The van der Waals surface area contributed by atoms with E-state index in [-0.39, 0.29) is 12.3 Å². The first-order chi connectivity index (χ1) is 13.7. The zero-order chi connectivity index (χ0) is 21.0. The van der Waals surface area contributed by atoms with E-state index in [0.29, 0.717) is 25.0 Å². The van der Waals surface area contributed by atoms with Gasteiger partial charge >= 0.3 is 12.3 Å². The number of alkyl halides is 3. The lowest BCUT2D eigenvalue weighted by molar-refractivity contribution is -0.140. The number of carbonyl (C=O) groups is 2. The predicted octanol–water partition coefficient (Wildman–Crippen LogP) is 4.49. The van der Waals surface area contributed by atoms with Crippen LogP contribution in [0.4, 0.5) is 28.0 Å². The van der Waals surface area contributed by atoms with Crippen molar-refractivity contribution in [3.05, 3.63) is 65.5 Å². The number of nitrogens with one attached hydrogen (secondary N) is 2. The largest absolute Gasteiger partial charge is 0.445 e. The number of hydrogen-bond donors (Lipinski definition) is 2. The molecule has 0 spiro atoms. The smallest absolute Gasteiger partial charge is 0.419 e. The molecule has 5 nitrogen and oxygen atoms in total. The van der Waals surface area contributed by atoms with Crippen molar-refractivity contribution in [2.45, 2.75) is 31.7 Å². The summed E-state index contributed by atoms with van der Waals surface area (Å²) in [5, 5.41) is 4.93. The molecule has 2 amide bonds. The fourth-order valence-corrected chi connectivity index (χ4v) is 2.96. The summed E-state index contributed by atoms with van der Waals surface area (Å²) in [5.74, 6) is -2.58. The van der Waals surface area contributed by atoms with E-state index in [1.54, 1.807) is 12.1 Å². The Kier molecular flexibility index (Phi) is 6.05. The van der Waals surface area contributed by atoms with Gasteiger partial charge in [0.1, 0.15) is 12.4 Å². The first-order valence-corrected chi connectivity index (χ1v) is 8.89. The van der Waals surface area contributed by atoms with E-state index < -0.39 is 41.5 Å². The maximum Gasteiger partial charge on any atom is 0.419 e. The van der Waals surface area contributed by atoms with Gasteiger partial charge in [-0.1, -0.05) is 30.3 Å². The van der Waals surface area contributed by atoms with Crippen LogP contribution in [0.2, 0.25) is 0 Å². The van der Waals surface area contributed by atoms with Crippen molar-refractivity contribution < 1.29 is 31.9 Å². The van der Waals surface area contributed by atoms with Crippen LogP contribution in [-0.2, 0) is 22.3 Å². The summed E-state index contributed by atoms with van der Waals surface area (Å²) in [6, 6.07) is 10.8. The maximum absolute atomic E-state index is 13.3. The second-order valence-electron chi connectivity index (χ2n) is 6.68. The Bertz CT molecular complexity index is 887. The van der Waals surface area contributed by atoms with E-state index in [1.165, 1.54) is 0 Å². The van der Waals surface area contributed by atoms with Crippen LogP contribution in [0.5, 0.6) is 0 Å². The van der Waals surface area contributed by atoms with Gasteiger partial charge in [-0.15, -0.1) is 0 Å². The molecule has 1 fully saturated rings. The number of halogens is 4. The second kappa shape index (κ2) is 8.50. The van der Waals surface area contributed by atoms with Crippen LogP contribution in [-0.4, -0.2) is 18.0 Å². The fraction of sp³-hybridized carbons (Fsp3) is 0.300. The molecule has 0 unspecified atom stereocenters. The van der Waals surface area contributed by atoms with Gasteiger partial charge in [0.05, 0.1) is 11.5 Å². The number of rotatable bonds is 5. The van der Waals surface area contributed by atoms with Gasteiger partial charge in [-0.3, -0.25) is 4.79 Å². The van der Waals surface area contributed by atoms with E-state index in [9.17, 15) is 27.2 Å². The molecule has 3 rings (SSSR count). The Hall–Kier alpha value is -3.10. The molecule has 29 heavy (non-hydrogen) atoms. The summed E-state index contributed by atoms with van der Waals surface area (Å²) in [6.07, 6.45) is -4.55. The van der Waals surface area contributed by atoms with Gasteiger partial charge in [0, 0.05) is 11.7 Å². The molecule has 1 aliphatic carbocycles. The first kappa shape index (κ1) is 20.6. The Balaban J connectivity index is 1.53. The van der Waals surface area contributed by atoms with Crippen LogP contribution in [0.15, 0.2) is 48.5 Å². The molecule has 9 heteroatoms. The number of benzene rings is 2. The summed E-state index contributed by atoms with van der Waals surface area (Å²) in [5.41, 5.74) is -0.813. The Morgan fingerprint density at radius 3 is 2.41 bits per heavy atom. The number of carbonyl (C=O) groups excluding carboxylic acids is 2. The summed E-state index contributed by atoms with van der Waals surface area (Å²) in [6.45, 7) is 0.0755. The molecule has 2 N–H and O–H groups in total. The van der Waals surface area contributed by atoms with Crippen LogP contribution >= 0.6 is 0 Å². The van der Waals surface area contributed by atoms with Crippen molar-refractivity contribution in [1.29, 1.82) is 0 Å². The van der Waals surface area contributed by atoms with Crippen LogP contribution < -0.4 is 10.6 Å². The molecule has 0 aromatic heterocycles. The van der Waals surface area contributed by atoms with E-state index in [4.69, 9.17) is 4.74 Å². The number of amides is 2. The average molecular weight is 410 g/mol. The van der Waals surface area contributed by atoms with Crippen molar-refractivity contribution in [3.8, 4) is 0 Å². The topological polar surface area (TPSA) is 67.4 Å². The molecular weight excluding hydrogens is 392 g/mol. The van der Waals surface area contributed by atoms with Crippen molar-refractivity contribution in [1.82, 2.24) is 5.32 Å². The summed E-state index contributed by atoms with van der Waals surface area (Å²) in [4.78, 5) is 24.2. The molecule has 2 aromatic rings. The van der Waals surface area contributed by atoms with Gasteiger partial charge in [0.2, 0.25) is 5.91 Å². The molecule has 0 aliphatic heterocycles. The standard InChI is InChI=1S/C20H18F4N2O3/c21-16-8-6-13(10-15(16)20(22,23)24)25-18(27)14-7-9-17(14)26-19(28)29-11-12-4-2-1-3-5-12/h1-6,8,10,14,17H,7,9,11H2,(H,25,27)(H,26,28)/t14-,17+/m0/s1. The molecule has 1 aliphatic rings. The van der Waals surface area contributed by atoms with Crippen LogP contribution in [0, 0.1) is 11.7 Å². The quantitative estimate of drug-likeness (QED) is 0.714. The van der Waals surface area contributed by atoms with E-state index in [2.05, 4.69) is 10.6 Å². The van der Waals surface area contributed by atoms with Crippen molar-refractivity contribution in [2.24, 2.45) is 5.92 Å². The minimum absolute atomic E-state index is 0.0755. The zero-order valence-electron chi connectivity index (χ0n) is 15.1. The van der Waals surface area contributed by atoms with Gasteiger partial charge in [-0.2, -0.15) is 13.2 Å². The maximum atomic E-state index is 13.3. The lowest BCUT2D eigenvalue weighted by Crippen LogP contribution is -2.51. The van der Waals surface area contributed by atoms with Gasteiger partial charge in [0.25, 0.3) is 0 Å². The van der Waals surface area contributed by atoms with Gasteiger partial charge in [-0.25, -0.2) is 9.18 Å². The minimum Gasteiger partial charge on any atom is -0.445 e. The highest BCUT2D eigenvalue weighted by Gasteiger charge is 2.38. The lowest BCUT2D eigenvalue weighted by atomic mass is 9.79. The molecular formula is C20H18F4N2O3. The Morgan fingerprint density at radius 1 is 1.07 bits per heavy atom. The molecule has 154 valence electrons. The van der Waals surface area contributed by atoms with Crippen molar-refractivity contribution in [3.63, 3.8) is 0 Å². The molecule has 0 radical (unpaired) electrons. The number of anilines is 1. The first-order valence-electron chi connectivity index (χ1n) is 8.89. The van der Waals surface area contributed by atoms with E-state index in [0.717, 1.165) is 11.6 Å². The van der Waals surface area contributed by atoms with Crippen molar-refractivity contribution in [2.75, 3.05) is 5.32 Å². The van der Waals surface area contributed by atoms with Crippen LogP contribution in [0.1, 0.15) is 24.0 Å². The number of ether oxygens (including phenoxy) is 1. The van der Waals surface area contributed by atoms with Crippen LogP contribution in [0.25, 0.3) is 0 Å². The third kappa shape index (κ3) is 5.24. The summed E-state index contributed by atoms with van der Waals surface area (Å²) >= 11 is 0. The van der Waals surface area contributed by atoms with Crippen molar-refractivity contribution >= 4 is 17.7 Å². The van der Waals surface area contributed by atoms with E-state index in [1.807, 2.05) is 18.2 Å². The number of alkyl carbamates (subject to hydrolysis) is 1. The normalized spacial score (nSPS) is 18.5. The summed E-state index contributed by atoms with van der Waals surface area (Å²) in [7, 11) is 0. The summed E-state index contributed by atoms with van der Waals surface area (Å²) < 4.78 is 56.8. The fourth-order valence-electron chi connectivity index (χ4n) is 2.96. The SMILES string of the molecule is O=C(N[C@@H]1CC[C@@H]1C(=O)Nc1ccc(F)c(C(F)(F)F)c1)OCc1ccccc1. The van der Waals surface area contributed by atoms with E-state index >= 15 is 0 Å². The van der Waals surface area contributed by atoms with Gasteiger partial charge in [0.15, 0.2) is 0 Å². The van der Waals surface area contributed by atoms with Crippen LogP contribution in [0.3, 0.4) is 0 Å². The Morgan fingerprint density at radius 2 is 1.79 bits per heavy atom.